The SMILES string of the molecule is CCCCC(O)Cc1ccc(F)cc1C. The molecule has 84 valence electrons. The third kappa shape index (κ3) is 4.00. The van der Waals surface area contributed by atoms with Gasteiger partial charge in [-0.3, -0.25) is 0 Å². The number of benzene rings is 1. The first-order chi connectivity index (χ1) is 7.13. The summed E-state index contributed by atoms with van der Waals surface area (Å²) in [5, 5.41) is 9.73. The molecule has 1 N–H and O–H groups in total. The topological polar surface area (TPSA) is 20.2 Å². The number of unbranched alkanes of at least 4 members (excludes halogenated alkanes) is 1. The lowest BCUT2D eigenvalue weighted by atomic mass is 10.00. The molecule has 0 amide bonds. The van der Waals surface area contributed by atoms with Crippen LogP contribution in [0.3, 0.4) is 0 Å². The van der Waals surface area contributed by atoms with Crippen LogP contribution in [0.5, 0.6) is 0 Å². The van der Waals surface area contributed by atoms with Crippen LogP contribution in [0.4, 0.5) is 4.39 Å². The number of halogens is 1. The maximum atomic E-state index is 12.8. The monoisotopic (exact) mass is 210 g/mol. The van der Waals surface area contributed by atoms with Gasteiger partial charge in [0.15, 0.2) is 0 Å². The highest BCUT2D eigenvalue weighted by Gasteiger charge is 2.07. The van der Waals surface area contributed by atoms with E-state index in [1.165, 1.54) is 12.1 Å². The molecule has 0 spiro atoms. The van der Waals surface area contributed by atoms with Gasteiger partial charge in [-0.2, -0.15) is 0 Å². The summed E-state index contributed by atoms with van der Waals surface area (Å²) < 4.78 is 12.8. The van der Waals surface area contributed by atoms with Crippen LogP contribution in [0.15, 0.2) is 18.2 Å². The minimum Gasteiger partial charge on any atom is -0.393 e. The first-order valence-electron chi connectivity index (χ1n) is 5.56. The van der Waals surface area contributed by atoms with E-state index in [0.29, 0.717) is 6.42 Å². The molecule has 0 aliphatic heterocycles. The first kappa shape index (κ1) is 12.2. The molecule has 0 radical (unpaired) electrons. The number of hydrogen-bond acceptors (Lipinski definition) is 1. The summed E-state index contributed by atoms with van der Waals surface area (Å²) in [5.74, 6) is -0.209. The molecule has 15 heavy (non-hydrogen) atoms. The van der Waals surface area contributed by atoms with Gasteiger partial charge in [0.1, 0.15) is 5.82 Å². The Balaban J connectivity index is 2.56. The van der Waals surface area contributed by atoms with Crippen molar-refractivity contribution in [2.45, 2.75) is 45.6 Å². The number of rotatable bonds is 5. The molecule has 0 saturated heterocycles. The van der Waals surface area contributed by atoms with E-state index in [2.05, 4.69) is 6.92 Å². The molecule has 0 saturated carbocycles. The highest BCUT2D eigenvalue weighted by Crippen LogP contribution is 2.14. The number of aliphatic hydroxyl groups excluding tert-OH is 1. The van der Waals surface area contributed by atoms with E-state index in [1.54, 1.807) is 6.07 Å². The Bertz CT molecular complexity index is 309. The summed E-state index contributed by atoms with van der Waals surface area (Å²) in [7, 11) is 0. The van der Waals surface area contributed by atoms with Crippen molar-refractivity contribution >= 4 is 0 Å². The van der Waals surface area contributed by atoms with Gasteiger partial charge in [0.25, 0.3) is 0 Å². The first-order valence-corrected chi connectivity index (χ1v) is 5.56. The van der Waals surface area contributed by atoms with Crippen LogP contribution in [0.25, 0.3) is 0 Å². The Morgan fingerprint density at radius 2 is 2.13 bits per heavy atom. The number of hydrogen-bond donors (Lipinski definition) is 1. The lowest BCUT2D eigenvalue weighted by molar-refractivity contribution is 0.161. The van der Waals surface area contributed by atoms with Gasteiger partial charge in [-0.25, -0.2) is 4.39 Å². The fraction of sp³-hybridized carbons (Fsp3) is 0.538. The van der Waals surface area contributed by atoms with Gasteiger partial charge >= 0.3 is 0 Å². The molecule has 1 aromatic rings. The number of aryl methyl sites for hydroxylation is 1. The molecule has 0 aliphatic carbocycles. The van der Waals surface area contributed by atoms with Crippen LogP contribution in [-0.4, -0.2) is 11.2 Å². The molecule has 1 atom stereocenters. The Morgan fingerprint density at radius 3 is 2.73 bits per heavy atom. The van der Waals surface area contributed by atoms with E-state index < -0.39 is 0 Å². The van der Waals surface area contributed by atoms with Gasteiger partial charge in [0, 0.05) is 0 Å². The van der Waals surface area contributed by atoms with E-state index in [1.807, 2.05) is 6.92 Å². The molecule has 0 aliphatic rings. The van der Waals surface area contributed by atoms with Gasteiger partial charge in [-0.05, 0) is 43.0 Å². The molecule has 2 heteroatoms. The molecule has 1 aromatic carbocycles. The fourth-order valence-electron chi connectivity index (χ4n) is 1.68. The third-order valence-corrected chi connectivity index (χ3v) is 2.65. The summed E-state index contributed by atoms with van der Waals surface area (Å²) in [5.41, 5.74) is 1.96. The van der Waals surface area contributed by atoms with Crippen molar-refractivity contribution in [3.63, 3.8) is 0 Å². The Morgan fingerprint density at radius 1 is 1.40 bits per heavy atom. The van der Waals surface area contributed by atoms with Gasteiger partial charge < -0.3 is 5.11 Å². The Kier molecular flexibility index (Phi) is 4.76. The zero-order valence-electron chi connectivity index (χ0n) is 9.46. The minimum atomic E-state index is -0.297. The predicted octanol–water partition coefficient (Wildman–Crippen LogP) is 3.23. The van der Waals surface area contributed by atoms with Crippen LogP contribution in [0, 0.1) is 12.7 Å². The normalized spacial score (nSPS) is 12.8. The minimum absolute atomic E-state index is 0.209. The van der Waals surface area contributed by atoms with Crippen molar-refractivity contribution in [2.75, 3.05) is 0 Å². The molecule has 0 bridgehead atoms. The molecular formula is C13H19FO. The predicted molar refractivity (Wildman–Crippen MR) is 60.4 cm³/mol. The molecule has 0 heterocycles. The van der Waals surface area contributed by atoms with Crippen molar-refractivity contribution in [1.29, 1.82) is 0 Å². The van der Waals surface area contributed by atoms with Crippen LogP contribution in [0.2, 0.25) is 0 Å². The van der Waals surface area contributed by atoms with Crippen molar-refractivity contribution in [3.05, 3.63) is 35.1 Å². The zero-order valence-corrected chi connectivity index (χ0v) is 9.46. The molecule has 0 aromatic heterocycles. The highest BCUT2D eigenvalue weighted by molar-refractivity contribution is 5.27. The van der Waals surface area contributed by atoms with Gasteiger partial charge in [0.2, 0.25) is 0 Å². The zero-order chi connectivity index (χ0) is 11.3. The van der Waals surface area contributed by atoms with E-state index in [9.17, 15) is 9.50 Å². The summed E-state index contributed by atoms with van der Waals surface area (Å²) in [6.07, 6.45) is 3.30. The van der Waals surface area contributed by atoms with Gasteiger partial charge in [0.05, 0.1) is 6.10 Å². The third-order valence-electron chi connectivity index (χ3n) is 2.65. The summed E-state index contributed by atoms with van der Waals surface area (Å²) in [6.45, 7) is 3.99. The fourth-order valence-corrected chi connectivity index (χ4v) is 1.68. The van der Waals surface area contributed by atoms with Crippen molar-refractivity contribution < 1.29 is 9.50 Å². The molecule has 1 unspecified atom stereocenters. The Labute approximate surface area is 90.9 Å². The number of aliphatic hydroxyl groups is 1. The van der Waals surface area contributed by atoms with Crippen molar-refractivity contribution in [1.82, 2.24) is 0 Å². The van der Waals surface area contributed by atoms with E-state index in [-0.39, 0.29) is 11.9 Å². The second-order valence-corrected chi connectivity index (χ2v) is 4.07. The van der Waals surface area contributed by atoms with Gasteiger partial charge in [-0.15, -0.1) is 0 Å². The average Bonchev–Trinajstić information content (AvgIpc) is 2.19. The van der Waals surface area contributed by atoms with E-state index >= 15 is 0 Å². The van der Waals surface area contributed by atoms with E-state index in [4.69, 9.17) is 0 Å². The van der Waals surface area contributed by atoms with Crippen LogP contribution < -0.4 is 0 Å². The molecule has 1 nitrogen and oxygen atoms in total. The van der Waals surface area contributed by atoms with Crippen molar-refractivity contribution in [3.8, 4) is 0 Å². The molecular weight excluding hydrogens is 191 g/mol. The van der Waals surface area contributed by atoms with Gasteiger partial charge in [-0.1, -0.05) is 25.8 Å². The van der Waals surface area contributed by atoms with Crippen LogP contribution >= 0.6 is 0 Å². The summed E-state index contributed by atoms with van der Waals surface area (Å²) >= 11 is 0. The van der Waals surface area contributed by atoms with E-state index in [0.717, 1.165) is 30.4 Å². The molecule has 0 fully saturated rings. The van der Waals surface area contributed by atoms with Crippen LogP contribution in [-0.2, 0) is 6.42 Å². The van der Waals surface area contributed by atoms with Crippen molar-refractivity contribution in [2.24, 2.45) is 0 Å². The Hall–Kier alpha value is -0.890. The highest BCUT2D eigenvalue weighted by atomic mass is 19.1. The summed E-state index contributed by atoms with van der Waals surface area (Å²) in [6, 6.07) is 4.73. The summed E-state index contributed by atoms with van der Waals surface area (Å²) in [4.78, 5) is 0. The lowest BCUT2D eigenvalue weighted by Crippen LogP contribution is -2.11. The largest absolute Gasteiger partial charge is 0.393 e. The van der Waals surface area contributed by atoms with Crippen LogP contribution in [0.1, 0.15) is 37.3 Å². The average molecular weight is 210 g/mol. The standard InChI is InChI=1S/C13H19FO/c1-3-4-5-13(15)9-11-6-7-12(14)8-10(11)2/h6-8,13,15H,3-5,9H2,1-2H3. The second-order valence-electron chi connectivity index (χ2n) is 4.07. The maximum absolute atomic E-state index is 12.8. The quantitative estimate of drug-likeness (QED) is 0.791. The molecule has 1 rings (SSSR count). The smallest absolute Gasteiger partial charge is 0.123 e. The maximum Gasteiger partial charge on any atom is 0.123 e. The lowest BCUT2D eigenvalue weighted by Gasteiger charge is -2.11. The second kappa shape index (κ2) is 5.86.